The fourth-order valence-corrected chi connectivity index (χ4v) is 3.41. The average molecular weight is 400 g/mol. The molecule has 27 heavy (non-hydrogen) atoms. The maximum atomic E-state index is 12.3. The third-order valence-corrected chi connectivity index (χ3v) is 5.46. The number of anilines is 1. The second kappa shape index (κ2) is 9.70. The second-order valence-corrected chi connectivity index (χ2v) is 8.85. The summed E-state index contributed by atoms with van der Waals surface area (Å²) >= 11 is 0. The third kappa shape index (κ3) is 7.96. The molecule has 0 aromatic heterocycles. The van der Waals surface area contributed by atoms with E-state index in [1.807, 2.05) is 6.92 Å². The van der Waals surface area contributed by atoms with E-state index in [2.05, 4.69) is 15.4 Å². The van der Waals surface area contributed by atoms with Gasteiger partial charge in [-0.1, -0.05) is 19.4 Å². The summed E-state index contributed by atoms with van der Waals surface area (Å²) < 4.78 is 27.2. The quantitative estimate of drug-likeness (QED) is 0.450. The predicted molar refractivity (Wildman–Crippen MR) is 104 cm³/mol. The Bertz CT molecular complexity index is 775. The van der Waals surface area contributed by atoms with Gasteiger partial charge in [0.2, 0.25) is 10.0 Å². The van der Waals surface area contributed by atoms with Gasteiger partial charge in [0.05, 0.1) is 4.90 Å². The summed E-state index contributed by atoms with van der Waals surface area (Å²) in [7, 11) is -3.65. The van der Waals surface area contributed by atoms with Crippen molar-refractivity contribution >= 4 is 27.7 Å². The van der Waals surface area contributed by atoms with Crippen LogP contribution >= 0.6 is 0 Å². The molecule has 0 bridgehead atoms. The summed E-state index contributed by atoms with van der Waals surface area (Å²) in [5.74, 6) is -0.936. The van der Waals surface area contributed by atoms with E-state index in [4.69, 9.17) is 5.11 Å². The lowest BCUT2D eigenvalue weighted by molar-refractivity contribution is -0.137. The number of carboxylic acids is 1. The Morgan fingerprint density at radius 1 is 1.22 bits per heavy atom. The molecule has 4 N–H and O–H groups in total. The van der Waals surface area contributed by atoms with Crippen LogP contribution in [0.3, 0.4) is 0 Å². The lowest BCUT2D eigenvalue weighted by Crippen LogP contribution is -2.45. The molecule has 0 atom stereocenters. The van der Waals surface area contributed by atoms with Gasteiger partial charge in [-0.05, 0) is 51.3 Å². The molecule has 2 amide bonds. The highest BCUT2D eigenvalue weighted by Crippen LogP contribution is 2.21. The summed E-state index contributed by atoms with van der Waals surface area (Å²) in [6.07, 6.45) is 1.82. The number of benzene rings is 1. The summed E-state index contributed by atoms with van der Waals surface area (Å²) in [4.78, 5) is 23.0. The average Bonchev–Trinajstić information content (AvgIpc) is 2.54. The van der Waals surface area contributed by atoms with Gasteiger partial charge in [0.1, 0.15) is 0 Å². The molecule has 9 heteroatoms. The maximum Gasteiger partial charge on any atom is 0.319 e. The molecule has 0 aliphatic rings. The van der Waals surface area contributed by atoms with Crippen molar-refractivity contribution in [2.75, 3.05) is 11.9 Å². The largest absolute Gasteiger partial charge is 0.481 e. The standard InChI is InChI=1S/C18H29N3O5S/c1-5-6-11-19-27(25,26)14-8-7-13(2)15(12-14)20-17(24)21-18(3,4)10-9-16(22)23/h7-8,12,19H,5-6,9-11H2,1-4H3,(H,22,23)(H2,20,21,24). The molecular formula is C18H29N3O5S. The van der Waals surface area contributed by atoms with Gasteiger partial charge in [-0.3, -0.25) is 4.79 Å². The number of hydrogen-bond donors (Lipinski definition) is 4. The minimum absolute atomic E-state index is 0.0660. The topological polar surface area (TPSA) is 125 Å². The van der Waals surface area contributed by atoms with Crippen LogP contribution in [0.25, 0.3) is 0 Å². The Labute approximate surface area is 160 Å². The molecule has 0 unspecified atom stereocenters. The van der Waals surface area contributed by atoms with Crippen molar-refractivity contribution in [3.05, 3.63) is 23.8 Å². The van der Waals surface area contributed by atoms with Crippen molar-refractivity contribution in [1.29, 1.82) is 0 Å². The molecule has 0 spiro atoms. The molecular weight excluding hydrogens is 370 g/mol. The van der Waals surface area contributed by atoms with Gasteiger partial charge in [0, 0.05) is 24.2 Å². The van der Waals surface area contributed by atoms with Crippen LogP contribution in [0.1, 0.15) is 52.0 Å². The summed E-state index contributed by atoms with van der Waals surface area (Å²) in [5.41, 5.74) is 0.364. The van der Waals surface area contributed by atoms with Crippen molar-refractivity contribution < 1.29 is 23.1 Å². The third-order valence-electron chi connectivity index (χ3n) is 4.01. The lowest BCUT2D eigenvalue weighted by atomic mass is 9.99. The second-order valence-electron chi connectivity index (χ2n) is 7.08. The van der Waals surface area contributed by atoms with Crippen LogP contribution in [-0.2, 0) is 14.8 Å². The smallest absolute Gasteiger partial charge is 0.319 e. The van der Waals surface area contributed by atoms with Crippen molar-refractivity contribution in [3.8, 4) is 0 Å². The van der Waals surface area contributed by atoms with Gasteiger partial charge >= 0.3 is 12.0 Å². The minimum Gasteiger partial charge on any atom is -0.481 e. The van der Waals surface area contributed by atoms with Crippen LogP contribution in [0.5, 0.6) is 0 Å². The monoisotopic (exact) mass is 399 g/mol. The highest BCUT2D eigenvalue weighted by Gasteiger charge is 2.22. The van der Waals surface area contributed by atoms with Crippen LogP contribution in [-0.4, -0.2) is 37.6 Å². The molecule has 0 heterocycles. The normalized spacial score (nSPS) is 11.9. The number of aliphatic carboxylic acids is 1. The Kier molecular flexibility index (Phi) is 8.23. The molecule has 0 saturated heterocycles. The van der Waals surface area contributed by atoms with Crippen LogP contribution < -0.4 is 15.4 Å². The van der Waals surface area contributed by atoms with E-state index >= 15 is 0 Å². The summed E-state index contributed by atoms with van der Waals surface area (Å²) in [6.45, 7) is 7.53. The number of nitrogens with one attached hydrogen (secondary N) is 3. The Morgan fingerprint density at radius 3 is 2.48 bits per heavy atom. The number of carboxylic acid groups (broad SMARTS) is 1. The van der Waals surface area contributed by atoms with Crippen molar-refractivity contribution in [2.24, 2.45) is 0 Å². The number of rotatable bonds is 10. The first-order chi connectivity index (χ1) is 12.5. The van der Waals surface area contributed by atoms with E-state index in [1.54, 1.807) is 26.8 Å². The number of aryl methyl sites for hydroxylation is 1. The number of hydrogen-bond acceptors (Lipinski definition) is 4. The highest BCUT2D eigenvalue weighted by molar-refractivity contribution is 7.89. The summed E-state index contributed by atoms with van der Waals surface area (Å²) in [6, 6.07) is 4.00. The SMILES string of the molecule is CCCCNS(=O)(=O)c1ccc(C)c(NC(=O)NC(C)(C)CCC(=O)O)c1. The molecule has 0 radical (unpaired) electrons. The van der Waals surface area contributed by atoms with E-state index in [0.29, 0.717) is 17.8 Å². The molecule has 1 rings (SSSR count). The van der Waals surface area contributed by atoms with Crippen molar-refractivity contribution in [1.82, 2.24) is 10.0 Å². The van der Waals surface area contributed by atoms with Gasteiger partial charge in [-0.25, -0.2) is 17.9 Å². The van der Waals surface area contributed by atoms with E-state index in [1.165, 1.54) is 12.1 Å². The molecule has 8 nitrogen and oxygen atoms in total. The zero-order valence-electron chi connectivity index (χ0n) is 16.3. The fourth-order valence-electron chi connectivity index (χ4n) is 2.31. The Hall–Kier alpha value is -2.13. The lowest BCUT2D eigenvalue weighted by Gasteiger charge is -2.26. The van der Waals surface area contributed by atoms with E-state index in [9.17, 15) is 18.0 Å². The van der Waals surface area contributed by atoms with Gasteiger partial charge < -0.3 is 15.7 Å². The zero-order valence-corrected chi connectivity index (χ0v) is 17.1. The first-order valence-electron chi connectivity index (χ1n) is 8.88. The van der Waals surface area contributed by atoms with E-state index in [-0.39, 0.29) is 17.7 Å². The molecule has 1 aromatic rings. The van der Waals surface area contributed by atoms with Crippen LogP contribution in [0.4, 0.5) is 10.5 Å². The molecule has 1 aromatic carbocycles. The van der Waals surface area contributed by atoms with Gasteiger partial charge in [-0.15, -0.1) is 0 Å². The number of carbonyl (C=O) groups is 2. The Morgan fingerprint density at radius 2 is 1.89 bits per heavy atom. The number of sulfonamides is 1. The number of unbranched alkanes of at least 4 members (excludes halogenated alkanes) is 1. The number of carbonyl (C=O) groups excluding carboxylic acids is 1. The molecule has 0 aliphatic heterocycles. The fraction of sp³-hybridized carbons (Fsp3) is 0.556. The maximum absolute atomic E-state index is 12.3. The first-order valence-corrected chi connectivity index (χ1v) is 10.4. The summed E-state index contributed by atoms with van der Waals surface area (Å²) in [5, 5.41) is 14.1. The van der Waals surface area contributed by atoms with E-state index in [0.717, 1.165) is 12.8 Å². The van der Waals surface area contributed by atoms with Crippen molar-refractivity contribution in [3.63, 3.8) is 0 Å². The molecule has 0 fully saturated rings. The van der Waals surface area contributed by atoms with Gasteiger partial charge in [0.15, 0.2) is 0 Å². The molecule has 0 saturated carbocycles. The zero-order chi connectivity index (χ0) is 20.7. The Balaban J connectivity index is 2.85. The molecule has 152 valence electrons. The van der Waals surface area contributed by atoms with Crippen molar-refractivity contribution in [2.45, 2.75) is 63.8 Å². The van der Waals surface area contributed by atoms with Crippen LogP contribution in [0.2, 0.25) is 0 Å². The van der Waals surface area contributed by atoms with E-state index < -0.39 is 27.6 Å². The predicted octanol–water partition coefficient (Wildman–Crippen LogP) is 2.84. The first kappa shape index (κ1) is 22.9. The van der Waals surface area contributed by atoms with Gasteiger partial charge in [-0.2, -0.15) is 0 Å². The van der Waals surface area contributed by atoms with Crippen LogP contribution in [0, 0.1) is 6.92 Å². The van der Waals surface area contributed by atoms with Crippen LogP contribution in [0.15, 0.2) is 23.1 Å². The minimum atomic E-state index is -3.65. The molecule has 0 aliphatic carbocycles. The number of urea groups is 1. The number of amides is 2. The highest BCUT2D eigenvalue weighted by atomic mass is 32.2. The van der Waals surface area contributed by atoms with Gasteiger partial charge in [0.25, 0.3) is 0 Å².